The molecule has 0 radical (unpaired) electrons. The van der Waals surface area contributed by atoms with Crippen LogP contribution in [0.1, 0.15) is 44.6 Å². The molecule has 0 heterocycles. The first-order chi connectivity index (χ1) is 8.49. The average Bonchev–Trinajstić information content (AvgIpc) is 2.35. The maximum Gasteiger partial charge on any atom is 0.137 e. The van der Waals surface area contributed by atoms with Gasteiger partial charge in [0.05, 0.1) is 10.1 Å². The van der Waals surface area contributed by atoms with Gasteiger partial charge in [0.2, 0.25) is 0 Å². The van der Waals surface area contributed by atoms with Gasteiger partial charge in [-0.25, -0.2) is 4.39 Å². The Morgan fingerprint density at radius 2 is 2.00 bits per heavy atom. The SMILES string of the molecule is CC(O)(Cc1ccc(F)c(Br)c1)C1CCCCC1. The monoisotopic (exact) mass is 314 g/mol. The molecule has 1 N–H and O–H groups in total. The minimum atomic E-state index is -0.683. The van der Waals surface area contributed by atoms with Crippen LogP contribution in [0.15, 0.2) is 22.7 Å². The molecule has 1 atom stereocenters. The molecular weight excluding hydrogens is 295 g/mol. The zero-order chi connectivity index (χ0) is 13.2. The Bertz CT molecular complexity index is 411. The minimum absolute atomic E-state index is 0.254. The summed E-state index contributed by atoms with van der Waals surface area (Å²) in [5.41, 5.74) is 0.302. The molecule has 0 aromatic heterocycles. The summed E-state index contributed by atoms with van der Waals surface area (Å²) in [5, 5.41) is 10.6. The third-order valence-electron chi connectivity index (χ3n) is 4.03. The Kier molecular flexibility index (Phi) is 4.44. The highest BCUT2D eigenvalue weighted by atomic mass is 79.9. The third-order valence-corrected chi connectivity index (χ3v) is 4.64. The summed E-state index contributed by atoms with van der Waals surface area (Å²) in [6.07, 6.45) is 6.53. The first-order valence-electron chi connectivity index (χ1n) is 6.65. The van der Waals surface area contributed by atoms with Crippen LogP contribution in [0.4, 0.5) is 4.39 Å². The van der Waals surface area contributed by atoms with Gasteiger partial charge in [-0.2, -0.15) is 0 Å². The van der Waals surface area contributed by atoms with Gasteiger partial charge in [-0.05, 0) is 59.3 Å². The number of aliphatic hydroxyl groups is 1. The molecule has 0 aliphatic heterocycles. The van der Waals surface area contributed by atoms with Crippen molar-refractivity contribution in [1.82, 2.24) is 0 Å². The van der Waals surface area contributed by atoms with Crippen LogP contribution in [0, 0.1) is 11.7 Å². The smallest absolute Gasteiger partial charge is 0.137 e. The van der Waals surface area contributed by atoms with Gasteiger partial charge in [0, 0.05) is 6.42 Å². The highest BCUT2D eigenvalue weighted by Gasteiger charge is 2.32. The maximum absolute atomic E-state index is 13.2. The van der Waals surface area contributed by atoms with Crippen LogP contribution in [0.5, 0.6) is 0 Å². The van der Waals surface area contributed by atoms with Crippen molar-refractivity contribution in [2.45, 2.75) is 51.0 Å². The molecule has 1 aromatic carbocycles. The van der Waals surface area contributed by atoms with Crippen molar-refractivity contribution in [2.75, 3.05) is 0 Å². The van der Waals surface area contributed by atoms with E-state index < -0.39 is 5.60 Å². The minimum Gasteiger partial charge on any atom is -0.390 e. The number of hydrogen-bond acceptors (Lipinski definition) is 1. The van der Waals surface area contributed by atoms with Crippen LogP contribution in [0.3, 0.4) is 0 Å². The Morgan fingerprint density at radius 1 is 1.33 bits per heavy atom. The van der Waals surface area contributed by atoms with Gasteiger partial charge in [-0.3, -0.25) is 0 Å². The Hall–Kier alpha value is -0.410. The van der Waals surface area contributed by atoms with Crippen molar-refractivity contribution in [3.8, 4) is 0 Å². The molecule has 1 aliphatic carbocycles. The maximum atomic E-state index is 13.2. The molecule has 0 amide bonds. The van der Waals surface area contributed by atoms with Crippen molar-refractivity contribution in [3.63, 3.8) is 0 Å². The number of halogens is 2. The lowest BCUT2D eigenvalue weighted by Crippen LogP contribution is -2.38. The molecule has 1 saturated carbocycles. The summed E-state index contributed by atoms with van der Waals surface area (Å²) in [5.74, 6) is 0.117. The highest BCUT2D eigenvalue weighted by Crippen LogP contribution is 2.35. The number of benzene rings is 1. The van der Waals surface area contributed by atoms with Crippen molar-refractivity contribution < 1.29 is 9.50 Å². The summed E-state index contributed by atoms with van der Waals surface area (Å²) in [4.78, 5) is 0. The largest absolute Gasteiger partial charge is 0.390 e. The van der Waals surface area contributed by atoms with E-state index in [1.807, 2.05) is 6.92 Å². The fraction of sp³-hybridized carbons (Fsp3) is 0.600. The van der Waals surface area contributed by atoms with Crippen molar-refractivity contribution in [2.24, 2.45) is 5.92 Å². The number of rotatable bonds is 3. The molecule has 2 rings (SSSR count). The normalized spacial score (nSPS) is 20.7. The summed E-state index contributed by atoms with van der Waals surface area (Å²) >= 11 is 3.19. The quantitative estimate of drug-likeness (QED) is 0.873. The van der Waals surface area contributed by atoms with Gasteiger partial charge in [0.25, 0.3) is 0 Å². The molecule has 18 heavy (non-hydrogen) atoms. The van der Waals surface area contributed by atoms with Crippen LogP contribution in [-0.2, 0) is 6.42 Å². The average molecular weight is 315 g/mol. The molecule has 100 valence electrons. The Balaban J connectivity index is 2.08. The van der Waals surface area contributed by atoms with Gasteiger partial charge in [0.1, 0.15) is 5.82 Å². The van der Waals surface area contributed by atoms with Gasteiger partial charge < -0.3 is 5.11 Å². The van der Waals surface area contributed by atoms with E-state index in [-0.39, 0.29) is 5.82 Å². The molecule has 1 aliphatic rings. The van der Waals surface area contributed by atoms with Gasteiger partial charge in [-0.1, -0.05) is 25.3 Å². The van der Waals surface area contributed by atoms with E-state index in [0.29, 0.717) is 16.8 Å². The Morgan fingerprint density at radius 3 is 2.61 bits per heavy atom. The molecule has 1 unspecified atom stereocenters. The fourth-order valence-electron chi connectivity index (χ4n) is 2.93. The molecule has 0 bridgehead atoms. The van der Waals surface area contributed by atoms with E-state index in [4.69, 9.17) is 0 Å². The van der Waals surface area contributed by atoms with Gasteiger partial charge >= 0.3 is 0 Å². The van der Waals surface area contributed by atoms with E-state index in [0.717, 1.165) is 18.4 Å². The molecule has 1 nitrogen and oxygen atoms in total. The second-order valence-electron chi connectivity index (χ2n) is 5.62. The van der Waals surface area contributed by atoms with Crippen LogP contribution < -0.4 is 0 Å². The van der Waals surface area contributed by atoms with E-state index >= 15 is 0 Å². The van der Waals surface area contributed by atoms with Crippen LogP contribution in [0.25, 0.3) is 0 Å². The second kappa shape index (κ2) is 5.70. The molecule has 3 heteroatoms. The zero-order valence-electron chi connectivity index (χ0n) is 10.8. The second-order valence-corrected chi connectivity index (χ2v) is 6.47. The van der Waals surface area contributed by atoms with E-state index in [1.54, 1.807) is 12.1 Å². The predicted octanol–water partition coefficient (Wildman–Crippen LogP) is 4.46. The summed E-state index contributed by atoms with van der Waals surface area (Å²) in [6, 6.07) is 4.99. The topological polar surface area (TPSA) is 20.2 Å². The number of hydrogen-bond donors (Lipinski definition) is 1. The first-order valence-corrected chi connectivity index (χ1v) is 7.44. The lowest BCUT2D eigenvalue weighted by Gasteiger charge is -2.35. The lowest BCUT2D eigenvalue weighted by molar-refractivity contribution is -0.0159. The standard InChI is InChI=1S/C15H20BrFO/c1-15(18,12-5-3-2-4-6-12)10-11-7-8-14(17)13(16)9-11/h7-9,12,18H,2-6,10H2,1H3. The lowest BCUT2D eigenvalue weighted by atomic mass is 9.75. The van der Waals surface area contributed by atoms with Crippen LogP contribution >= 0.6 is 15.9 Å². The molecule has 1 aromatic rings. The zero-order valence-corrected chi connectivity index (χ0v) is 12.3. The molecule has 0 saturated heterocycles. The van der Waals surface area contributed by atoms with E-state index in [9.17, 15) is 9.50 Å². The van der Waals surface area contributed by atoms with E-state index in [2.05, 4.69) is 15.9 Å². The van der Waals surface area contributed by atoms with Crippen molar-refractivity contribution in [3.05, 3.63) is 34.1 Å². The Labute approximate surface area is 117 Å². The van der Waals surface area contributed by atoms with Crippen LogP contribution in [0.2, 0.25) is 0 Å². The van der Waals surface area contributed by atoms with Crippen molar-refractivity contribution in [1.29, 1.82) is 0 Å². The van der Waals surface area contributed by atoms with Gasteiger partial charge in [0.15, 0.2) is 0 Å². The first kappa shape index (κ1) is 14.0. The van der Waals surface area contributed by atoms with Gasteiger partial charge in [-0.15, -0.1) is 0 Å². The molecular formula is C15H20BrFO. The van der Waals surface area contributed by atoms with Crippen molar-refractivity contribution >= 4 is 15.9 Å². The van der Waals surface area contributed by atoms with Crippen LogP contribution in [-0.4, -0.2) is 10.7 Å². The van der Waals surface area contributed by atoms with E-state index in [1.165, 1.54) is 25.3 Å². The predicted molar refractivity (Wildman–Crippen MR) is 75.0 cm³/mol. The molecule has 1 fully saturated rings. The fourth-order valence-corrected chi connectivity index (χ4v) is 3.36. The summed E-state index contributed by atoms with van der Waals surface area (Å²) in [6.45, 7) is 1.92. The third kappa shape index (κ3) is 3.33. The summed E-state index contributed by atoms with van der Waals surface area (Å²) < 4.78 is 13.6. The molecule has 0 spiro atoms. The highest BCUT2D eigenvalue weighted by molar-refractivity contribution is 9.10. The summed E-state index contributed by atoms with van der Waals surface area (Å²) in [7, 11) is 0.